The fourth-order valence-corrected chi connectivity index (χ4v) is 1.73. The molecule has 1 aliphatic rings. The predicted octanol–water partition coefficient (Wildman–Crippen LogP) is 1.17. The van der Waals surface area contributed by atoms with Gasteiger partial charge in [-0.1, -0.05) is 6.92 Å². The summed E-state index contributed by atoms with van der Waals surface area (Å²) in [4.78, 5) is 15.3. The van der Waals surface area contributed by atoms with Gasteiger partial charge >= 0.3 is 0 Å². The highest BCUT2D eigenvalue weighted by Gasteiger charge is 2.22. The number of hydrogen-bond acceptors (Lipinski definition) is 4. The SMILES string of the molecule is CCCOc1cccnc1NC1CNC(=O)C1. The number of hydrogen-bond donors (Lipinski definition) is 2. The van der Waals surface area contributed by atoms with Crippen LogP contribution in [-0.4, -0.2) is 30.1 Å². The van der Waals surface area contributed by atoms with Crippen molar-refractivity contribution in [2.75, 3.05) is 18.5 Å². The van der Waals surface area contributed by atoms with Crippen LogP contribution in [0.1, 0.15) is 19.8 Å². The summed E-state index contributed by atoms with van der Waals surface area (Å²) in [5, 5.41) is 6.01. The second-order valence-electron chi connectivity index (χ2n) is 4.05. The largest absolute Gasteiger partial charge is 0.490 e. The summed E-state index contributed by atoms with van der Waals surface area (Å²) in [6, 6.07) is 3.82. The fourth-order valence-electron chi connectivity index (χ4n) is 1.73. The summed E-state index contributed by atoms with van der Waals surface area (Å²) in [6.45, 7) is 3.37. The molecule has 1 saturated heterocycles. The standard InChI is InChI=1S/C12H17N3O2/c1-2-6-17-10-4-3-5-13-12(10)15-9-7-11(16)14-8-9/h3-5,9H,2,6-8H2,1H3,(H,13,15)(H,14,16). The Morgan fingerprint density at radius 1 is 1.65 bits per heavy atom. The lowest BCUT2D eigenvalue weighted by Gasteiger charge is -2.14. The molecule has 2 N–H and O–H groups in total. The van der Waals surface area contributed by atoms with Crippen LogP contribution in [0.25, 0.3) is 0 Å². The number of amides is 1. The fraction of sp³-hybridized carbons (Fsp3) is 0.500. The summed E-state index contributed by atoms with van der Waals surface area (Å²) in [6.07, 6.45) is 3.16. The quantitative estimate of drug-likeness (QED) is 0.804. The molecule has 1 aromatic rings. The van der Waals surface area contributed by atoms with Gasteiger partial charge in [0.05, 0.1) is 12.6 Å². The molecule has 17 heavy (non-hydrogen) atoms. The predicted molar refractivity (Wildman–Crippen MR) is 65.1 cm³/mol. The van der Waals surface area contributed by atoms with E-state index >= 15 is 0 Å². The number of carbonyl (C=O) groups is 1. The van der Waals surface area contributed by atoms with E-state index in [2.05, 4.69) is 22.5 Å². The topological polar surface area (TPSA) is 63.2 Å². The van der Waals surface area contributed by atoms with Crippen LogP contribution >= 0.6 is 0 Å². The first-order valence-electron chi connectivity index (χ1n) is 5.90. The van der Waals surface area contributed by atoms with Gasteiger partial charge < -0.3 is 15.4 Å². The van der Waals surface area contributed by atoms with Gasteiger partial charge in [0.1, 0.15) is 0 Å². The van der Waals surface area contributed by atoms with Crippen molar-refractivity contribution in [2.45, 2.75) is 25.8 Å². The van der Waals surface area contributed by atoms with Crippen LogP contribution in [0.4, 0.5) is 5.82 Å². The summed E-state index contributed by atoms with van der Waals surface area (Å²) in [5.74, 6) is 1.53. The maximum absolute atomic E-state index is 11.1. The van der Waals surface area contributed by atoms with Crippen molar-refractivity contribution >= 4 is 11.7 Å². The van der Waals surface area contributed by atoms with Crippen molar-refractivity contribution in [3.63, 3.8) is 0 Å². The highest BCUT2D eigenvalue weighted by atomic mass is 16.5. The summed E-state index contributed by atoms with van der Waals surface area (Å²) in [5.41, 5.74) is 0. The molecule has 1 aromatic heterocycles. The number of aromatic nitrogens is 1. The lowest BCUT2D eigenvalue weighted by Crippen LogP contribution is -2.23. The molecule has 0 saturated carbocycles. The normalized spacial score (nSPS) is 18.9. The molecule has 1 atom stereocenters. The minimum absolute atomic E-state index is 0.0782. The molecule has 92 valence electrons. The summed E-state index contributed by atoms with van der Waals surface area (Å²) >= 11 is 0. The second-order valence-corrected chi connectivity index (χ2v) is 4.05. The van der Waals surface area contributed by atoms with E-state index < -0.39 is 0 Å². The number of anilines is 1. The van der Waals surface area contributed by atoms with Crippen molar-refractivity contribution in [3.8, 4) is 5.75 Å². The van der Waals surface area contributed by atoms with E-state index in [-0.39, 0.29) is 11.9 Å². The Morgan fingerprint density at radius 3 is 3.24 bits per heavy atom. The zero-order valence-electron chi connectivity index (χ0n) is 9.90. The van der Waals surface area contributed by atoms with Gasteiger partial charge in [-0.15, -0.1) is 0 Å². The van der Waals surface area contributed by atoms with Gasteiger partial charge in [-0.25, -0.2) is 4.98 Å². The first-order chi connectivity index (χ1) is 8.29. The number of ether oxygens (including phenoxy) is 1. The smallest absolute Gasteiger partial charge is 0.222 e. The van der Waals surface area contributed by atoms with E-state index in [1.807, 2.05) is 12.1 Å². The van der Waals surface area contributed by atoms with E-state index in [1.165, 1.54) is 0 Å². The lowest BCUT2D eigenvalue weighted by molar-refractivity contribution is -0.119. The van der Waals surface area contributed by atoms with Crippen LogP contribution in [0.3, 0.4) is 0 Å². The van der Waals surface area contributed by atoms with Gasteiger partial charge in [0.15, 0.2) is 11.6 Å². The van der Waals surface area contributed by atoms with Crippen molar-refractivity contribution in [2.24, 2.45) is 0 Å². The van der Waals surface area contributed by atoms with Crippen LogP contribution in [0.5, 0.6) is 5.75 Å². The molecule has 0 aromatic carbocycles. The maximum atomic E-state index is 11.1. The van der Waals surface area contributed by atoms with Gasteiger partial charge in [0.25, 0.3) is 0 Å². The average molecular weight is 235 g/mol. The Balaban J connectivity index is 2.01. The minimum Gasteiger partial charge on any atom is -0.490 e. The van der Waals surface area contributed by atoms with E-state index in [0.717, 1.165) is 12.2 Å². The highest BCUT2D eigenvalue weighted by Crippen LogP contribution is 2.22. The highest BCUT2D eigenvalue weighted by molar-refractivity contribution is 5.79. The number of nitrogens with zero attached hydrogens (tertiary/aromatic N) is 1. The number of nitrogens with one attached hydrogen (secondary N) is 2. The summed E-state index contributed by atoms with van der Waals surface area (Å²) < 4.78 is 5.59. The molecular formula is C12H17N3O2. The monoisotopic (exact) mass is 235 g/mol. The van der Waals surface area contributed by atoms with E-state index in [9.17, 15) is 4.79 Å². The third-order valence-electron chi connectivity index (χ3n) is 2.55. The Kier molecular flexibility index (Phi) is 3.80. The second kappa shape index (κ2) is 5.52. The molecule has 0 spiro atoms. The molecule has 0 aliphatic carbocycles. The molecular weight excluding hydrogens is 218 g/mol. The van der Waals surface area contributed by atoms with Crippen LogP contribution < -0.4 is 15.4 Å². The zero-order valence-corrected chi connectivity index (χ0v) is 9.90. The summed E-state index contributed by atoms with van der Waals surface area (Å²) in [7, 11) is 0. The molecule has 2 heterocycles. The van der Waals surface area contributed by atoms with E-state index in [4.69, 9.17) is 4.74 Å². The van der Waals surface area contributed by atoms with Crippen molar-refractivity contribution in [1.29, 1.82) is 0 Å². The van der Waals surface area contributed by atoms with Crippen LogP contribution in [0.2, 0.25) is 0 Å². The minimum atomic E-state index is 0.0782. The molecule has 0 radical (unpaired) electrons. The van der Waals surface area contributed by atoms with E-state index in [0.29, 0.717) is 25.4 Å². The van der Waals surface area contributed by atoms with Gasteiger partial charge in [0, 0.05) is 19.2 Å². The molecule has 1 unspecified atom stereocenters. The Morgan fingerprint density at radius 2 is 2.53 bits per heavy atom. The molecule has 1 aliphatic heterocycles. The first-order valence-corrected chi connectivity index (χ1v) is 5.90. The third-order valence-corrected chi connectivity index (χ3v) is 2.55. The molecule has 5 heteroatoms. The Hall–Kier alpha value is -1.78. The molecule has 2 rings (SSSR count). The maximum Gasteiger partial charge on any atom is 0.222 e. The molecule has 5 nitrogen and oxygen atoms in total. The van der Waals surface area contributed by atoms with Crippen molar-refractivity contribution < 1.29 is 9.53 Å². The molecule has 0 bridgehead atoms. The zero-order chi connectivity index (χ0) is 12.1. The van der Waals surface area contributed by atoms with Gasteiger partial charge in [-0.05, 0) is 18.6 Å². The van der Waals surface area contributed by atoms with Gasteiger partial charge in [0.2, 0.25) is 5.91 Å². The number of carbonyl (C=O) groups excluding carboxylic acids is 1. The number of rotatable bonds is 5. The average Bonchev–Trinajstić information content (AvgIpc) is 2.74. The Bertz CT molecular complexity index is 395. The van der Waals surface area contributed by atoms with Crippen LogP contribution in [0, 0.1) is 0 Å². The Labute approximate surface area is 101 Å². The van der Waals surface area contributed by atoms with Crippen molar-refractivity contribution in [3.05, 3.63) is 18.3 Å². The van der Waals surface area contributed by atoms with Crippen molar-refractivity contribution in [1.82, 2.24) is 10.3 Å². The van der Waals surface area contributed by atoms with Crippen LogP contribution in [0.15, 0.2) is 18.3 Å². The lowest BCUT2D eigenvalue weighted by atomic mass is 10.2. The third kappa shape index (κ3) is 3.09. The molecule has 1 fully saturated rings. The first kappa shape index (κ1) is 11.7. The molecule has 1 amide bonds. The van der Waals surface area contributed by atoms with Gasteiger partial charge in [-0.2, -0.15) is 0 Å². The number of pyridine rings is 1. The van der Waals surface area contributed by atoms with Gasteiger partial charge in [-0.3, -0.25) is 4.79 Å². The van der Waals surface area contributed by atoms with E-state index in [1.54, 1.807) is 6.20 Å². The van der Waals surface area contributed by atoms with Crippen LogP contribution in [-0.2, 0) is 4.79 Å².